The highest BCUT2D eigenvalue weighted by Crippen LogP contribution is 2.03. The summed E-state index contributed by atoms with van der Waals surface area (Å²) in [5.41, 5.74) is 7.40. The number of carbonyl (C=O) groups excluding carboxylic acids is 1. The van der Waals surface area contributed by atoms with E-state index < -0.39 is 6.03 Å². The first-order valence-electron chi connectivity index (χ1n) is 7.03. The van der Waals surface area contributed by atoms with Gasteiger partial charge in [-0.05, 0) is 11.1 Å². The van der Waals surface area contributed by atoms with Crippen LogP contribution >= 0.6 is 0 Å². The number of urea groups is 1. The Labute approximate surface area is 130 Å². The Bertz CT molecular complexity index is 515. The smallest absolute Gasteiger partial charge is 0.318 e. The lowest BCUT2D eigenvalue weighted by molar-refractivity contribution is -0.0293. The Kier molecular flexibility index (Phi) is 6.41. The summed E-state index contributed by atoms with van der Waals surface area (Å²) in [7, 11) is 0. The van der Waals surface area contributed by atoms with Gasteiger partial charge in [-0.25, -0.2) is 4.79 Å². The van der Waals surface area contributed by atoms with Gasteiger partial charge in [-0.1, -0.05) is 60.7 Å². The Morgan fingerprint density at radius 1 is 0.818 bits per heavy atom. The van der Waals surface area contributed by atoms with Crippen LogP contribution in [0.25, 0.3) is 0 Å². The van der Waals surface area contributed by atoms with E-state index in [1.807, 2.05) is 60.7 Å². The second kappa shape index (κ2) is 8.81. The molecule has 116 valence electrons. The highest BCUT2D eigenvalue weighted by Gasteiger charge is 2.09. The van der Waals surface area contributed by atoms with Gasteiger partial charge in [-0.3, -0.25) is 4.90 Å². The predicted molar refractivity (Wildman–Crippen MR) is 83.6 cm³/mol. The van der Waals surface area contributed by atoms with Crippen molar-refractivity contribution in [1.29, 1.82) is 0 Å². The lowest BCUT2D eigenvalue weighted by Gasteiger charge is -2.20. The molecule has 2 N–H and O–H groups in total. The Morgan fingerprint density at radius 2 is 1.23 bits per heavy atom. The number of nitrogens with two attached hydrogens (primary N) is 1. The molecule has 2 rings (SSSR count). The number of carbonyl (C=O) groups is 1. The summed E-state index contributed by atoms with van der Waals surface area (Å²) in [4.78, 5) is 12.7. The van der Waals surface area contributed by atoms with Crippen LogP contribution in [0.3, 0.4) is 0 Å². The number of hydrogen-bond donors (Lipinski definition) is 1. The summed E-state index contributed by atoms with van der Waals surface area (Å²) in [6.45, 7) is 1.03. The predicted octanol–water partition coefficient (Wildman–Crippen LogP) is 2.72. The maximum absolute atomic E-state index is 11.4. The van der Waals surface area contributed by atoms with Crippen molar-refractivity contribution >= 4 is 6.03 Å². The fourth-order valence-electron chi connectivity index (χ4n) is 1.86. The normalized spacial score (nSPS) is 10.4. The first-order valence-corrected chi connectivity index (χ1v) is 7.03. The zero-order valence-electron chi connectivity index (χ0n) is 12.4. The van der Waals surface area contributed by atoms with E-state index in [9.17, 15) is 4.79 Å². The molecule has 0 aliphatic heterocycles. The van der Waals surface area contributed by atoms with Crippen molar-refractivity contribution in [1.82, 2.24) is 4.90 Å². The fraction of sp³-hybridized carbons (Fsp3) is 0.235. The van der Waals surface area contributed by atoms with Crippen LogP contribution in [-0.2, 0) is 22.7 Å². The molecule has 5 heteroatoms. The number of primary amides is 1. The zero-order valence-corrected chi connectivity index (χ0v) is 12.4. The minimum Gasteiger partial charge on any atom is -0.356 e. The molecule has 0 fully saturated rings. The summed E-state index contributed by atoms with van der Waals surface area (Å²) in [6.07, 6.45) is 0. The van der Waals surface area contributed by atoms with E-state index in [0.717, 1.165) is 11.1 Å². The van der Waals surface area contributed by atoms with Gasteiger partial charge in [0.1, 0.15) is 13.5 Å². The van der Waals surface area contributed by atoms with Gasteiger partial charge in [0.2, 0.25) is 0 Å². The standard InChI is InChI=1S/C17H20N2O3/c18-17(20)19(13-21-11-15-7-3-1-4-8-15)14-22-12-16-9-5-2-6-10-16/h1-10H,11-14H2,(H2,18,20). The molecule has 0 aromatic heterocycles. The molecule has 0 saturated heterocycles. The van der Waals surface area contributed by atoms with E-state index >= 15 is 0 Å². The SMILES string of the molecule is NC(=O)N(COCc1ccccc1)COCc1ccccc1. The van der Waals surface area contributed by atoms with Crippen LogP contribution in [0.2, 0.25) is 0 Å². The molecule has 2 aromatic rings. The summed E-state index contributed by atoms with van der Waals surface area (Å²) >= 11 is 0. The van der Waals surface area contributed by atoms with Crippen LogP contribution in [0.5, 0.6) is 0 Å². The lowest BCUT2D eigenvalue weighted by atomic mass is 10.2. The number of hydrogen-bond acceptors (Lipinski definition) is 3. The molecule has 22 heavy (non-hydrogen) atoms. The van der Waals surface area contributed by atoms with Gasteiger partial charge in [0.15, 0.2) is 0 Å². The van der Waals surface area contributed by atoms with E-state index in [-0.39, 0.29) is 13.5 Å². The third-order valence-corrected chi connectivity index (χ3v) is 3.03. The molecule has 0 atom stereocenters. The topological polar surface area (TPSA) is 64.8 Å². The zero-order chi connectivity index (χ0) is 15.6. The molecule has 0 bridgehead atoms. The van der Waals surface area contributed by atoms with Crippen LogP contribution in [0.15, 0.2) is 60.7 Å². The minimum absolute atomic E-state index is 0.0962. The maximum atomic E-state index is 11.4. The Balaban J connectivity index is 1.72. The number of amides is 2. The summed E-state index contributed by atoms with van der Waals surface area (Å²) in [5.74, 6) is 0. The van der Waals surface area contributed by atoms with E-state index in [1.165, 1.54) is 4.90 Å². The van der Waals surface area contributed by atoms with E-state index in [0.29, 0.717) is 13.2 Å². The van der Waals surface area contributed by atoms with Gasteiger partial charge in [-0.2, -0.15) is 0 Å². The summed E-state index contributed by atoms with van der Waals surface area (Å²) < 4.78 is 11.0. The second-order valence-corrected chi connectivity index (χ2v) is 4.80. The highest BCUT2D eigenvalue weighted by molar-refractivity contribution is 5.71. The molecule has 5 nitrogen and oxygen atoms in total. The van der Waals surface area contributed by atoms with E-state index in [2.05, 4.69) is 0 Å². The lowest BCUT2D eigenvalue weighted by Crippen LogP contribution is -2.39. The van der Waals surface area contributed by atoms with Crippen molar-refractivity contribution in [3.63, 3.8) is 0 Å². The van der Waals surface area contributed by atoms with Crippen LogP contribution in [0, 0.1) is 0 Å². The quantitative estimate of drug-likeness (QED) is 0.762. The average molecular weight is 300 g/mol. The molecule has 0 spiro atoms. The summed E-state index contributed by atoms with van der Waals surface area (Å²) in [5, 5.41) is 0. The number of rotatable bonds is 8. The second-order valence-electron chi connectivity index (χ2n) is 4.80. The van der Waals surface area contributed by atoms with Crippen LogP contribution in [0.4, 0.5) is 4.79 Å². The summed E-state index contributed by atoms with van der Waals surface area (Å²) in [6, 6.07) is 18.9. The van der Waals surface area contributed by atoms with Gasteiger partial charge in [-0.15, -0.1) is 0 Å². The molecular weight excluding hydrogens is 280 g/mol. The number of benzene rings is 2. The third kappa shape index (κ3) is 5.55. The van der Waals surface area contributed by atoms with Crippen molar-refractivity contribution in [3.05, 3.63) is 71.8 Å². The third-order valence-electron chi connectivity index (χ3n) is 3.03. The molecule has 0 saturated carbocycles. The van der Waals surface area contributed by atoms with Gasteiger partial charge < -0.3 is 15.2 Å². The molecule has 0 aliphatic carbocycles. The monoisotopic (exact) mass is 300 g/mol. The van der Waals surface area contributed by atoms with E-state index in [1.54, 1.807) is 0 Å². The molecule has 0 heterocycles. The Morgan fingerprint density at radius 3 is 1.59 bits per heavy atom. The Hall–Kier alpha value is -2.37. The fourth-order valence-corrected chi connectivity index (χ4v) is 1.86. The van der Waals surface area contributed by atoms with Crippen LogP contribution in [-0.4, -0.2) is 24.4 Å². The molecular formula is C17H20N2O3. The van der Waals surface area contributed by atoms with Crippen molar-refractivity contribution in [2.75, 3.05) is 13.5 Å². The number of ether oxygens (including phenoxy) is 2. The highest BCUT2D eigenvalue weighted by atomic mass is 16.5. The van der Waals surface area contributed by atoms with Gasteiger partial charge in [0.25, 0.3) is 0 Å². The van der Waals surface area contributed by atoms with Crippen molar-refractivity contribution in [2.45, 2.75) is 13.2 Å². The molecule has 0 aliphatic rings. The van der Waals surface area contributed by atoms with E-state index in [4.69, 9.17) is 15.2 Å². The van der Waals surface area contributed by atoms with Gasteiger partial charge in [0, 0.05) is 0 Å². The molecule has 0 unspecified atom stereocenters. The first kappa shape index (κ1) is 16.0. The van der Waals surface area contributed by atoms with Crippen molar-refractivity contribution in [2.24, 2.45) is 5.73 Å². The largest absolute Gasteiger partial charge is 0.356 e. The number of nitrogens with zero attached hydrogens (tertiary/aromatic N) is 1. The average Bonchev–Trinajstić information content (AvgIpc) is 2.55. The first-order chi connectivity index (χ1) is 10.8. The molecule has 2 amide bonds. The molecule has 0 radical (unpaired) electrons. The van der Waals surface area contributed by atoms with Crippen LogP contribution in [0.1, 0.15) is 11.1 Å². The minimum atomic E-state index is -0.568. The molecule has 2 aromatic carbocycles. The van der Waals surface area contributed by atoms with Crippen LogP contribution < -0.4 is 5.73 Å². The van der Waals surface area contributed by atoms with Gasteiger partial charge in [0.05, 0.1) is 13.2 Å². The van der Waals surface area contributed by atoms with Gasteiger partial charge >= 0.3 is 6.03 Å². The van der Waals surface area contributed by atoms with Crippen molar-refractivity contribution in [3.8, 4) is 0 Å². The van der Waals surface area contributed by atoms with Crippen molar-refractivity contribution < 1.29 is 14.3 Å². The maximum Gasteiger partial charge on any atom is 0.318 e.